The Morgan fingerprint density at radius 2 is 1.62 bits per heavy atom. The van der Waals surface area contributed by atoms with Gasteiger partial charge in [-0.1, -0.05) is 54.6 Å². The summed E-state index contributed by atoms with van der Waals surface area (Å²) < 4.78 is 38.9. The molecular weight excluding hydrogens is 681 g/mol. The number of nitrogens with one attached hydrogen (secondary N) is 2. The molecular formula is C37H39F3N6O6. The van der Waals surface area contributed by atoms with Gasteiger partial charge >= 0.3 is 23.8 Å². The third-order valence-electron chi connectivity index (χ3n) is 9.49. The van der Waals surface area contributed by atoms with E-state index in [4.69, 9.17) is 14.6 Å². The number of piperidine rings is 1. The Labute approximate surface area is 296 Å². The number of aromatic amines is 1. The Morgan fingerprint density at radius 1 is 0.942 bits per heavy atom. The molecule has 0 radical (unpaired) electrons. The van der Waals surface area contributed by atoms with Crippen molar-refractivity contribution in [2.45, 2.75) is 56.8 Å². The molecule has 2 aromatic heterocycles. The highest BCUT2D eigenvalue weighted by Crippen LogP contribution is 2.34. The summed E-state index contributed by atoms with van der Waals surface area (Å²) >= 11 is 0. The Balaban J connectivity index is 0.000000604. The number of H-pyrrole nitrogens is 1. The first-order chi connectivity index (χ1) is 24.9. The van der Waals surface area contributed by atoms with E-state index < -0.39 is 29.7 Å². The van der Waals surface area contributed by atoms with Gasteiger partial charge in [0.1, 0.15) is 5.82 Å². The van der Waals surface area contributed by atoms with Crippen molar-refractivity contribution < 1.29 is 37.7 Å². The van der Waals surface area contributed by atoms with Gasteiger partial charge in [-0.05, 0) is 66.5 Å². The van der Waals surface area contributed by atoms with Crippen LogP contribution in [0.4, 0.5) is 24.9 Å². The lowest BCUT2D eigenvalue weighted by Gasteiger charge is -2.35. The van der Waals surface area contributed by atoms with Gasteiger partial charge < -0.3 is 30.2 Å². The average molecular weight is 721 g/mol. The number of hydrogen-bond donors (Lipinski definition) is 4. The van der Waals surface area contributed by atoms with E-state index in [0.717, 1.165) is 83.5 Å². The van der Waals surface area contributed by atoms with Gasteiger partial charge in [-0.25, -0.2) is 14.6 Å². The second-order valence-corrected chi connectivity index (χ2v) is 13.1. The van der Waals surface area contributed by atoms with E-state index in [1.54, 1.807) is 0 Å². The number of carbonyl (C=O) groups is 2. The second kappa shape index (κ2) is 15.8. The molecule has 2 fully saturated rings. The molecule has 1 atom stereocenters. The molecule has 2 aliphatic rings. The number of aliphatic carboxylic acids is 2. The molecule has 2 saturated heterocycles. The normalized spacial score (nSPS) is 16.3. The molecule has 274 valence electrons. The fourth-order valence-electron chi connectivity index (χ4n) is 6.75. The number of hydrogen-bond acceptors (Lipinski definition) is 8. The minimum atomic E-state index is -5.08. The number of carboxylic acid groups (broad SMARTS) is 2. The predicted octanol–water partition coefficient (Wildman–Crippen LogP) is 5.82. The molecule has 1 unspecified atom stereocenters. The zero-order valence-electron chi connectivity index (χ0n) is 28.2. The molecule has 0 bridgehead atoms. The van der Waals surface area contributed by atoms with Crippen LogP contribution in [-0.4, -0.2) is 80.2 Å². The van der Waals surface area contributed by atoms with Crippen molar-refractivity contribution >= 4 is 45.5 Å². The Bertz CT molecular complexity index is 2050. The van der Waals surface area contributed by atoms with Crippen LogP contribution in [0.1, 0.15) is 42.7 Å². The number of aromatic nitrogens is 4. The largest absolute Gasteiger partial charge is 0.490 e. The minimum absolute atomic E-state index is 0.0635. The number of ether oxygens (including phenoxy) is 1. The zero-order chi connectivity index (χ0) is 36.8. The summed E-state index contributed by atoms with van der Waals surface area (Å²) in [5, 5.41) is 23.0. The van der Waals surface area contributed by atoms with Gasteiger partial charge in [0.05, 0.1) is 17.0 Å². The van der Waals surface area contributed by atoms with Crippen molar-refractivity contribution in [2.24, 2.45) is 5.92 Å². The van der Waals surface area contributed by atoms with Gasteiger partial charge in [0.15, 0.2) is 0 Å². The van der Waals surface area contributed by atoms with Gasteiger partial charge in [-0.2, -0.15) is 18.2 Å². The second-order valence-electron chi connectivity index (χ2n) is 13.1. The van der Waals surface area contributed by atoms with Crippen LogP contribution >= 0.6 is 0 Å². The first kappa shape index (κ1) is 36.4. The van der Waals surface area contributed by atoms with Gasteiger partial charge in [-0.15, -0.1) is 0 Å². The Kier molecular flexibility index (Phi) is 11.1. The van der Waals surface area contributed by atoms with Crippen LogP contribution in [0, 0.1) is 5.92 Å². The molecule has 0 amide bonds. The molecule has 0 spiro atoms. The van der Waals surface area contributed by atoms with Crippen molar-refractivity contribution in [3.63, 3.8) is 0 Å². The van der Waals surface area contributed by atoms with Crippen LogP contribution in [0.2, 0.25) is 0 Å². The summed E-state index contributed by atoms with van der Waals surface area (Å²) in [5.74, 6) is -2.75. The van der Waals surface area contributed by atoms with Crippen LogP contribution in [-0.2, 0) is 27.3 Å². The number of benzene rings is 3. The van der Waals surface area contributed by atoms with Crippen molar-refractivity contribution in [1.29, 1.82) is 0 Å². The predicted molar refractivity (Wildman–Crippen MR) is 189 cm³/mol. The van der Waals surface area contributed by atoms with E-state index in [0.29, 0.717) is 19.6 Å². The number of anilines is 2. The quantitative estimate of drug-likeness (QED) is 0.146. The maximum atomic E-state index is 13.5. The van der Waals surface area contributed by atoms with Crippen LogP contribution in [0.5, 0.6) is 0 Å². The summed E-state index contributed by atoms with van der Waals surface area (Å²) in [6.45, 7) is 2.89. The SMILES string of the molecule is O=C(O)C(Cc1ccc2ccccc2c1)Cn1cc(C2CCOCC2)c(N2CCC(Nc3nc4ccccc4[nH]3)CC2)nc1=O.O=C(O)C(F)(F)F. The number of rotatable bonds is 9. The van der Waals surface area contributed by atoms with Crippen LogP contribution < -0.4 is 15.9 Å². The number of nitrogens with zero attached hydrogens (tertiary/aromatic N) is 4. The standard InChI is InChI=1S/C35H38N6O4.C2HF3O2/c42-33(43)27(20-23-9-10-24-5-1-2-6-26(24)19-23)21-41-22-29(25-13-17-45-18-14-25)32(39-35(41)44)40-15-11-28(12-16-40)36-34-37-30-7-3-4-8-31(30)38-34;3-2(4,5)1(6)7/h1-10,19,22,25,27-28H,11-18,20-21H2,(H,42,43)(H2,36,37,38);(H,6,7). The topological polar surface area (TPSA) is 163 Å². The molecule has 4 heterocycles. The molecule has 12 nitrogen and oxygen atoms in total. The van der Waals surface area contributed by atoms with E-state index >= 15 is 0 Å². The third-order valence-corrected chi connectivity index (χ3v) is 9.49. The minimum Gasteiger partial charge on any atom is -0.481 e. The fourth-order valence-corrected chi connectivity index (χ4v) is 6.75. The number of fused-ring (bicyclic) bond motifs is 2. The van der Waals surface area contributed by atoms with E-state index in [1.165, 1.54) is 4.57 Å². The summed E-state index contributed by atoms with van der Waals surface area (Å²) in [5.41, 5.74) is 3.48. The lowest BCUT2D eigenvalue weighted by Crippen LogP contribution is -2.42. The summed E-state index contributed by atoms with van der Waals surface area (Å²) in [6.07, 6.45) is 0.568. The van der Waals surface area contributed by atoms with Gasteiger partial charge in [-0.3, -0.25) is 9.36 Å². The van der Waals surface area contributed by atoms with Crippen LogP contribution in [0.3, 0.4) is 0 Å². The van der Waals surface area contributed by atoms with Crippen molar-refractivity contribution in [3.05, 3.63) is 94.5 Å². The Hall–Kier alpha value is -5.44. The fraction of sp³-hybridized carbons (Fsp3) is 0.378. The molecule has 5 aromatic rings. The van der Waals surface area contributed by atoms with Gasteiger partial charge in [0.25, 0.3) is 0 Å². The number of carboxylic acids is 2. The number of para-hydroxylation sites is 2. The maximum Gasteiger partial charge on any atom is 0.490 e. The van der Waals surface area contributed by atoms with Crippen molar-refractivity contribution in [1.82, 2.24) is 19.5 Å². The Morgan fingerprint density at radius 3 is 2.29 bits per heavy atom. The molecule has 15 heteroatoms. The molecule has 0 aliphatic carbocycles. The highest BCUT2D eigenvalue weighted by molar-refractivity contribution is 5.83. The summed E-state index contributed by atoms with van der Waals surface area (Å²) in [4.78, 5) is 49.7. The van der Waals surface area contributed by atoms with E-state index in [2.05, 4.69) is 25.2 Å². The highest BCUT2D eigenvalue weighted by Gasteiger charge is 2.38. The van der Waals surface area contributed by atoms with E-state index in [-0.39, 0.29) is 18.5 Å². The highest BCUT2D eigenvalue weighted by atomic mass is 19.4. The van der Waals surface area contributed by atoms with Gasteiger partial charge in [0, 0.05) is 50.7 Å². The molecule has 2 aliphatic heterocycles. The van der Waals surface area contributed by atoms with Crippen LogP contribution in [0.15, 0.2) is 77.7 Å². The smallest absolute Gasteiger partial charge is 0.481 e. The maximum absolute atomic E-state index is 13.5. The summed E-state index contributed by atoms with van der Waals surface area (Å²) in [6, 6.07) is 22.3. The lowest BCUT2D eigenvalue weighted by molar-refractivity contribution is -0.192. The van der Waals surface area contributed by atoms with Gasteiger partial charge in [0.2, 0.25) is 5.95 Å². The number of imidazole rings is 1. The molecule has 7 rings (SSSR count). The molecule has 52 heavy (non-hydrogen) atoms. The first-order valence-corrected chi connectivity index (χ1v) is 17.1. The number of alkyl halides is 3. The van der Waals surface area contributed by atoms with Crippen molar-refractivity contribution in [3.8, 4) is 0 Å². The van der Waals surface area contributed by atoms with E-state index in [1.807, 2.05) is 72.9 Å². The average Bonchev–Trinajstić information content (AvgIpc) is 3.55. The summed E-state index contributed by atoms with van der Waals surface area (Å²) in [7, 11) is 0. The monoisotopic (exact) mass is 720 g/mol. The first-order valence-electron chi connectivity index (χ1n) is 17.1. The van der Waals surface area contributed by atoms with Crippen molar-refractivity contribution in [2.75, 3.05) is 36.5 Å². The zero-order valence-corrected chi connectivity index (χ0v) is 28.2. The molecule has 3 aromatic carbocycles. The van der Waals surface area contributed by atoms with E-state index in [9.17, 15) is 27.9 Å². The molecule has 0 saturated carbocycles. The molecule has 4 N–H and O–H groups in total. The third kappa shape index (κ3) is 8.88. The number of halogens is 3. The van der Waals surface area contributed by atoms with Crippen LogP contribution in [0.25, 0.3) is 21.8 Å². The lowest BCUT2D eigenvalue weighted by atomic mass is 9.92.